The largest absolute Gasteiger partial charge is 0.477 e. The van der Waals surface area contributed by atoms with Gasteiger partial charge in [-0.15, -0.1) is 0 Å². The standard InChI is InChI=1S/C14H14O4/c1-9-3-5-11(6-4-9)7-10(2)8-12(13(15)16)14(17)18/h3-8H,1-2H3,(H,15,16)(H,17,18)/b10-7+. The second-order valence-electron chi connectivity index (χ2n) is 3.97. The zero-order chi connectivity index (χ0) is 13.7. The summed E-state index contributed by atoms with van der Waals surface area (Å²) in [7, 11) is 0. The van der Waals surface area contributed by atoms with Gasteiger partial charge in [0.2, 0.25) is 0 Å². The van der Waals surface area contributed by atoms with Crippen LogP contribution in [0.3, 0.4) is 0 Å². The number of carboxylic acid groups (broad SMARTS) is 2. The molecule has 0 atom stereocenters. The van der Waals surface area contributed by atoms with E-state index in [-0.39, 0.29) is 0 Å². The Balaban J connectivity index is 3.03. The van der Waals surface area contributed by atoms with E-state index < -0.39 is 17.5 Å². The third-order valence-corrected chi connectivity index (χ3v) is 2.30. The Kier molecular flexibility index (Phi) is 4.43. The second kappa shape index (κ2) is 5.82. The highest BCUT2D eigenvalue weighted by Gasteiger charge is 2.15. The molecule has 18 heavy (non-hydrogen) atoms. The molecule has 0 saturated heterocycles. The maximum absolute atomic E-state index is 10.7. The highest BCUT2D eigenvalue weighted by Crippen LogP contribution is 2.11. The lowest BCUT2D eigenvalue weighted by Gasteiger charge is -1.99. The van der Waals surface area contributed by atoms with Crippen LogP contribution in [-0.2, 0) is 9.59 Å². The van der Waals surface area contributed by atoms with Crippen LogP contribution in [0.25, 0.3) is 6.08 Å². The molecule has 4 nitrogen and oxygen atoms in total. The van der Waals surface area contributed by atoms with Gasteiger partial charge in [-0.1, -0.05) is 35.9 Å². The molecule has 0 radical (unpaired) electrons. The van der Waals surface area contributed by atoms with Crippen molar-refractivity contribution < 1.29 is 19.8 Å². The molecule has 1 rings (SSSR count). The Morgan fingerprint density at radius 2 is 1.56 bits per heavy atom. The van der Waals surface area contributed by atoms with Crippen LogP contribution in [0.1, 0.15) is 18.1 Å². The second-order valence-corrected chi connectivity index (χ2v) is 3.97. The lowest BCUT2D eigenvalue weighted by atomic mass is 10.1. The predicted octanol–water partition coefficient (Wildman–Crippen LogP) is 2.49. The third-order valence-electron chi connectivity index (χ3n) is 2.30. The van der Waals surface area contributed by atoms with Gasteiger partial charge in [0, 0.05) is 0 Å². The molecular formula is C14H14O4. The van der Waals surface area contributed by atoms with Crippen molar-refractivity contribution in [3.63, 3.8) is 0 Å². The van der Waals surface area contributed by atoms with Crippen molar-refractivity contribution in [1.82, 2.24) is 0 Å². The minimum absolute atomic E-state index is 0.568. The summed E-state index contributed by atoms with van der Waals surface area (Å²) in [6.07, 6.45) is 2.87. The quantitative estimate of drug-likeness (QED) is 0.370. The lowest BCUT2D eigenvalue weighted by Crippen LogP contribution is -2.11. The Bertz CT molecular complexity index is 505. The van der Waals surface area contributed by atoms with E-state index in [4.69, 9.17) is 10.2 Å². The highest BCUT2D eigenvalue weighted by molar-refractivity contribution is 6.12. The first-order chi connectivity index (χ1) is 8.40. The molecule has 0 unspecified atom stereocenters. The summed E-state index contributed by atoms with van der Waals surface area (Å²) in [5.74, 6) is -2.89. The van der Waals surface area contributed by atoms with Crippen LogP contribution in [0.15, 0.2) is 41.5 Å². The Hall–Kier alpha value is -2.36. The summed E-state index contributed by atoms with van der Waals surface area (Å²) in [6.45, 7) is 3.62. The Morgan fingerprint density at radius 3 is 2.00 bits per heavy atom. The number of rotatable bonds is 4. The van der Waals surface area contributed by atoms with Crippen LogP contribution in [-0.4, -0.2) is 22.2 Å². The number of aliphatic carboxylic acids is 2. The molecular weight excluding hydrogens is 232 g/mol. The summed E-state index contributed by atoms with van der Waals surface area (Å²) < 4.78 is 0. The van der Waals surface area contributed by atoms with Gasteiger partial charge >= 0.3 is 11.9 Å². The van der Waals surface area contributed by atoms with Crippen molar-refractivity contribution in [3.8, 4) is 0 Å². The van der Waals surface area contributed by atoms with Crippen LogP contribution < -0.4 is 0 Å². The molecule has 0 bridgehead atoms. The topological polar surface area (TPSA) is 74.6 Å². The zero-order valence-electron chi connectivity index (χ0n) is 10.2. The summed E-state index contributed by atoms with van der Waals surface area (Å²) in [4.78, 5) is 21.4. The smallest absolute Gasteiger partial charge is 0.343 e. The third kappa shape index (κ3) is 3.90. The van der Waals surface area contributed by atoms with E-state index >= 15 is 0 Å². The van der Waals surface area contributed by atoms with Crippen molar-refractivity contribution in [2.45, 2.75) is 13.8 Å². The summed E-state index contributed by atoms with van der Waals surface area (Å²) in [6, 6.07) is 7.62. The number of hydrogen-bond acceptors (Lipinski definition) is 2. The fourth-order valence-electron chi connectivity index (χ4n) is 1.41. The minimum Gasteiger partial charge on any atom is -0.477 e. The number of allylic oxidation sites excluding steroid dienone is 2. The molecule has 1 aromatic carbocycles. The van der Waals surface area contributed by atoms with Gasteiger partial charge in [-0.05, 0) is 31.1 Å². The zero-order valence-corrected chi connectivity index (χ0v) is 10.2. The summed E-state index contributed by atoms with van der Waals surface area (Å²) in [5.41, 5.74) is 1.94. The molecule has 1 aromatic rings. The summed E-state index contributed by atoms with van der Waals surface area (Å²) in [5, 5.41) is 17.4. The number of carbonyl (C=O) groups is 2. The maximum Gasteiger partial charge on any atom is 0.343 e. The van der Waals surface area contributed by atoms with E-state index in [1.165, 1.54) is 0 Å². The Labute approximate surface area is 105 Å². The van der Waals surface area contributed by atoms with E-state index in [1.54, 1.807) is 13.0 Å². The van der Waals surface area contributed by atoms with E-state index in [1.807, 2.05) is 31.2 Å². The van der Waals surface area contributed by atoms with Crippen molar-refractivity contribution in [3.05, 3.63) is 52.6 Å². The molecule has 4 heteroatoms. The molecule has 0 amide bonds. The first-order valence-electron chi connectivity index (χ1n) is 5.33. The van der Waals surface area contributed by atoms with Gasteiger partial charge in [-0.3, -0.25) is 0 Å². The van der Waals surface area contributed by atoms with Gasteiger partial charge < -0.3 is 10.2 Å². The fourth-order valence-corrected chi connectivity index (χ4v) is 1.41. The molecule has 0 aromatic heterocycles. The van der Waals surface area contributed by atoms with E-state index in [0.717, 1.165) is 17.2 Å². The molecule has 0 fully saturated rings. The van der Waals surface area contributed by atoms with Crippen LogP contribution in [0, 0.1) is 6.92 Å². The highest BCUT2D eigenvalue weighted by atomic mass is 16.4. The van der Waals surface area contributed by atoms with Gasteiger partial charge in [0.1, 0.15) is 5.57 Å². The van der Waals surface area contributed by atoms with E-state index in [2.05, 4.69) is 0 Å². The Morgan fingerprint density at radius 1 is 1.06 bits per heavy atom. The van der Waals surface area contributed by atoms with Crippen molar-refractivity contribution in [1.29, 1.82) is 0 Å². The SMILES string of the molecule is C/C(C=C(C(=O)O)C(=O)O)=C\c1ccc(C)cc1. The minimum atomic E-state index is -1.45. The lowest BCUT2D eigenvalue weighted by molar-refractivity contribution is -0.140. The fraction of sp³-hybridized carbons (Fsp3) is 0.143. The summed E-state index contributed by atoms with van der Waals surface area (Å²) >= 11 is 0. The monoisotopic (exact) mass is 246 g/mol. The molecule has 0 aliphatic heterocycles. The van der Waals surface area contributed by atoms with Gasteiger partial charge in [0.25, 0.3) is 0 Å². The van der Waals surface area contributed by atoms with E-state index in [9.17, 15) is 9.59 Å². The number of benzene rings is 1. The molecule has 2 N–H and O–H groups in total. The molecule has 0 heterocycles. The molecule has 0 spiro atoms. The predicted molar refractivity (Wildman–Crippen MR) is 68.2 cm³/mol. The average molecular weight is 246 g/mol. The van der Waals surface area contributed by atoms with Crippen LogP contribution in [0.5, 0.6) is 0 Å². The van der Waals surface area contributed by atoms with Gasteiger partial charge in [-0.2, -0.15) is 0 Å². The molecule has 94 valence electrons. The van der Waals surface area contributed by atoms with Gasteiger partial charge in [0.05, 0.1) is 0 Å². The normalized spacial score (nSPS) is 10.9. The first-order valence-corrected chi connectivity index (χ1v) is 5.33. The molecule has 0 saturated carbocycles. The maximum atomic E-state index is 10.7. The number of hydrogen-bond donors (Lipinski definition) is 2. The van der Waals surface area contributed by atoms with Crippen LogP contribution >= 0.6 is 0 Å². The van der Waals surface area contributed by atoms with Crippen LogP contribution in [0.2, 0.25) is 0 Å². The average Bonchev–Trinajstić information content (AvgIpc) is 2.28. The van der Waals surface area contributed by atoms with Crippen molar-refractivity contribution in [2.24, 2.45) is 0 Å². The van der Waals surface area contributed by atoms with Crippen molar-refractivity contribution >= 4 is 18.0 Å². The van der Waals surface area contributed by atoms with E-state index in [0.29, 0.717) is 5.57 Å². The number of aryl methyl sites for hydroxylation is 1. The van der Waals surface area contributed by atoms with Crippen LogP contribution in [0.4, 0.5) is 0 Å². The van der Waals surface area contributed by atoms with Gasteiger partial charge in [0.15, 0.2) is 0 Å². The van der Waals surface area contributed by atoms with Crippen molar-refractivity contribution in [2.75, 3.05) is 0 Å². The number of carboxylic acids is 2. The molecule has 0 aliphatic rings. The first kappa shape index (κ1) is 13.7. The van der Waals surface area contributed by atoms with Gasteiger partial charge in [-0.25, -0.2) is 9.59 Å². The molecule has 0 aliphatic carbocycles.